The molecular formula is C15H21N3O2S. The Bertz CT molecular complexity index is 747. The zero-order valence-corrected chi connectivity index (χ0v) is 13.6. The fourth-order valence-electron chi connectivity index (χ4n) is 2.43. The second-order valence-corrected chi connectivity index (χ2v) is 7.27. The first kappa shape index (κ1) is 15.7. The summed E-state index contributed by atoms with van der Waals surface area (Å²) in [6.07, 6.45) is 0.781. The number of nitrogens with two attached hydrogens (primary N) is 1. The van der Waals surface area contributed by atoms with Gasteiger partial charge in [0.2, 0.25) is 0 Å². The van der Waals surface area contributed by atoms with Crippen molar-refractivity contribution in [1.82, 2.24) is 9.55 Å². The van der Waals surface area contributed by atoms with Crippen LogP contribution in [0.5, 0.6) is 0 Å². The molecule has 0 fully saturated rings. The lowest BCUT2D eigenvalue weighted by molar-refractivity contribution is 0.460. The highest BCUT2D eigenvalue weighted by Gasteiger charge is 2.33. The van der Waals surface area contributed by atoms with Crippen LogP contribution in [0.2, 0.25) is 0 Å². The van der Waals surface area contributed by atoms with Crippen molar-refractivity contribution in [3.63, 3.8) is 0 Å². The zero-order chi connectivity index (χ0) is 15.8. The highest BCUT2D eigenvalue weighted by molar-refractivity contribution is 7.89. The SMILES string of the molecule is CCC(C)(C)c1c(S(N)(=O)=O)nc(-c2ccccc2)n1C. The molecular weight excluding hydrogens is 286 g/mol. The zero-order valence-electron chi connectivity index (χ0n) is 12.8. The lowest BCUT2D eigenvalue weighted by Gasteiger charge is -2.24. The van der Waals surface area contributed by atoms with Crippen molar-refractivity contribution < 1.29 is 8.42 Å². The Morgan fingerprint density at radius 3 is 2.29 bits per heavy atom. The quantitative estimate of drug-likeness (QED) is 0.942. The second kappa shape index (κ2) is 5.27. The van der Waals surface area contributed by atoms with E-state index < -0.39 is 10.0 Å². The third-order valence-electron chi connectivity index (χ3n) is 3.89. The Labute approximate surface area is 125 Å². The van der Waals surface area contributed by atoms with Gasteiger partial charge in [-0.1, -0.05) is 51.1 Å². The van der Waals surface area contributed by atoms with Crippen molar-refractivity contribution in [1.29, 1.82) is 0 Å². The first-order chi connectivity index (χ1) is 9.68. The molecule has 0 aliphatic carbocycles. The predicted molar refractivity (Wildman–Crippen MR) is 83.3 cm³/mol. The molecule has 1 aromatic carbocycles. The summed E-state index contributed by atoms with van der Waals surface area (Å²) in [4.78, 5) is 4.32. The van der Waals surface area contributed by atoms with Gasteiger partial charge in [-0.2, -0.15) is 0 Å². The summed E-state index contributed by atoms with van der Waals surface area (Å²) in [6.45, 7) is 6.00. The molecule has 114 valence electrons. The van der Waals surface area contributed by atoms with Crippen LogP contribution in [0.4, 0.5) is 0 Å². The van der Waals surface area contributed by atoms with Crippen LogP contribution in [0, 0.1) is 0 Å². The normalized spacial score (nSPS) is 12.6. The number of aromatic nitrogens is 2. The van der Waals surface area contributed by atoms with Gasteiger partial charge < -0.3 is 4.57 Å². The Hall–Kier alpha value is -1.66. The molecule has 2 rings (SSSR count). The maximum absolute atomic E-state index is 11.9. The molecule has 0 aliphatic rings. The summed E-state index contributed by atoms with van der Waals surface area (Å²) in [5.74, 6) is 0.608. The molecule has 0 radical (unpaired) electrons. The highest BCUT2D eigenvalue weighted by atomic mass is 32.2. The fourth-order valence-corrected chi connectivity index (χ4v) is 3.32. The van der Waals surface area contributed by atoms with Crippen LogP contribution in [0.3, 0.4) is 0 Å². The van der Waals surface area contributed by atoms with E-state index in [9.17, 15) is 8.42 Å². The van der Waals surface area contributed by atoms with E-state index in [-0.39, 0.29) is 10.4 Å². The fraction of sp³-hybridized carbons (Fsp3) is 0.400. The second-order valence-electron chi connectivity index (χ2n) is 5.80. The number of benzene rings is 1. The summed E-state index contributed by atoms with van der Waals surface area (Å²) < 4.78 is 25.7. The molecule has 2 N–H and O–H groups in total. The molecule has 0 amide bonds. The molecule has 2 aromatic rings. The Morgan fingerprint density at radius 1 is 1.24 bits per heavy atom. The summed E-state index contributed by atoms with van der Waals surface area (Å²) in [5, 5.41) is 5.33. The van der Waals surface area contributed by atoms with Crippen molar-refractivity contribution in [2.45, 2.75) is 37.6 Å². The number of hydrogen-bond donors (Lipinski definition) is 1. The third kappa shape index (κ3) is 2.87. The molecule has 0 saturated heterocycles. The van der Waals surface area contributed by atoms with Crippen LogP contribution in [-0.4, -0.2) is 18.0 Å². The van der Waals surface area contributed by atoms with E-state index in [4.69, 9.17) is 5.14 Å². The number of nitrogens with zero attached hydrogens (tertiary/aromatic N) is 2. The molecule has 1 heterocycles. The van der Waals surface area contributed by atoms with Crippen molar-refractivity contribution in [3.8, 4) is 11.4 Å². The van der Waals surface area contributed by atoms with E-state index in [0.717, 1.165) is 12.0 Å². The molecule has 0 atom stereocenters. The number of rotatable bonds is 4. The summed E-state index contributed by atoms with van der Waals surface area (Å²) >= 11 is 0. The largest absolute Gasteiger partial charge is 0.329 e. The number of imidazole rings is 1. The summed E-state index contributed by atoms with van der Waals surface area (Å²) in [7, 11) is -2.04. The average molecular weight is 307 g/mol. The predicted octanol–water partition coefficient (Wildman–Crippen LogP) is 2.42. The molecule has 0 unspecified atom stereocenters. The van der Waals surface area contributed by atoms with Crippen LogP contribution in [-0.2, 0) is 22.5 Å². The van der Waals surface area contributed by atoms with Crippen molar-refractivity contribution in [3.05, 3.63) is 36.0 Å². The molecule has 1 aromatic heterocycles. The smallest absolute Gasteiger partial charge is 0.257 e. The highest BCUT2D eigenvalue weighted by Crippen LogP contribution is 2.34. The van der Waals surface area contributed by atoms with Gasteiger partial charge in [-0.15, -0.1) is 0 Å². The molecule has 0 aliphatic heterocycles. The lowest BCUT2D eigenvalue weighted by atomic mass is 9.87. The minimum absolute atomic E-state index is 0.0318. The van der Waals surface area contributed by atoms with Gasteiger partial charge in [0.15, 0.2) is 5.03 Å². The lowest BCUT2D eigenvalue weighted by Crippen LogP contribution is -2.25. The van der Waals surface area contributed by atoms with Crippen LogP contribution in [0.25, 0.3) is 11.4 Å². The van der Waals surface area contributed by atoms with E-state index in [1.807, 2.05) is 62.7 Å². The van der Waals surface area contributed by atoms with E-state index in [1.54, 1.807) is 0 Å². The van der Waals surface area contributed by atoms with E-state index in [2.05, 4.69) is 4.98 Å². The number of primary sulfonamides is 1. The molecule has 5 nitrogen and oxygen atoms in total. The van der Waals surface area contributed by atoms with Gasteiger partial charge in [0, 0.05) is 18.0 Å². The topological polar surface area (TPSA) is 78.0 Å². The summed E-state index contributed by atoms with van der Waals surface area (Å²) in [6, 6.07) is 9.50. The minimum Gasteiger partial charge on any atom is -0.329 e. The van der Waals surface area contributed by atoms with Gasteiger partial charge >= 0.3 is 0 Å². The molecule has 0 bridgehead atoms. The van der Waals surface area contributed by atoms with Crippen LogP contribution < -0.4 is 5.14 Å². The van der Waals surface area contributed by atoms with Crippen molar-refractivity contribution in [2.24, 2.45) is 12.2 Å². The van der Waals surface area contributed by atoms with Gasteiger partial charge in [0.05, 0.1) is 5.69 Å². The molecule has 0 spiro atoms. The maximum atomic E-state index is 11.9. The van der Waals surface area contributed by atoms with E-state index in [0.29, 0.717) is 11.5 Å². The van der Waals surface area contributed by atoms with Crippen molar-refractivity contribution in [2.75, 3.05) is 0 Å². The van der Waals surface area contributed by atoms with Crippen LogP contribution >= 0.6 is 0 Å². The maximum Gasteiger partial charge on any atom is 0.257 e. The van der Waals surface area contributed by atoms with E-state index >= 15 is 0 Å². The van der Waals surface area contributed by atoms with Gasteiger partial charge in [-0.3, -0.25) is 0 Å². The van der Waals surface area contributed by atoms with Crippen LogP contribution in [0.15, 0.2) is 35.4 Å². The molecule has 21 heavy (non-hydrogen) atoms. The molecule has 6 heteroatoms. The minimum atomic E-state index is -3.87. The monoisotopic (exact) mass is 307 g/mol. The van der Waals surface area contributed by atoms with Gasteiger partial charge in [0.1, 0.15) is 5.82 Å². The number of sulfonamides is 1. The summed E-state index contributed by atoms with van der Waals surface area (Å²) in [5.41, 5.74) is 1.17. The average Bonchev–Trinajstić information content (AvgIpc) is 2.78. The third-order valence-corrected chi connectivity index (χ3v) is 4.71. The molecule has 0 saturated carbocycles. The van der Waals surface area contributed by atoms with Crippen LogP contribution in [0.1, 0.15) is 32.9 Å². The van der Waals surface area contributed by atoms with Gasteiger partial charge in [0.25, 0.3) is 10.0 Å². The first-order valence-corrected chi connectivity index (χ1v) is 8.38. The first-order valence-electron chi connectivity index (χ1n) is 6.84. The van der Waals surface area contributed by atoms with Crippen molar-refractivity contribution >= 4 is 10.0 Å². The number of hydrogen-bond acceptors (Lipinski definition) is 3. The standard InChI is InChI=1S/C15H21N3O2S/c1-5-15(2,3)12-14(21(16,19)20)17-13(18(12)4)11-9-7-6-8-10-11/h6-10H,5H2,1-4H3,(H2,16,19,20). The van der Waals surface area contributed by atoms with Gasteiger partial charge in [-0.05, 0) is 6.42 Å². The Morgan fingerprint density at radius 2 is 1.81 bits per heavy atom. The van der Waals surface area contributed by atoms with Gasteiger partial charge in [-0.25, -0.2) is 18.5 Å². The Kier molecular flexibility index (Phi) is 3.95. The van der Waals surface area contributed by atoms with E-state index in [1.165, 1.54) is 0 Å². The Balaban J connectivity index is 2.79.